The minimum absolute atomic E-state index is 0.110. The van der Waals surface area contributed by atoms with Gasteiger partial charge in [-0.05, 0) is 25.2 Å². The molecule has 0 saturated heterocycles. The van der Waals surface area contributed by atoms with Crippen LogP contribution < -0.4 is 10.1 Å². The van der Waals surface area contributed by atoms with Gasteiger partial charge in [0.2, 0.25) is 0 Å². The van der Waals surface area contributed by atoms with E-state index < -0.39 is 0 Å². The lowest BCUT2D eigenvalue weighted by Gasteiger charge is -2.17. The minimum atomic E-state index is -0.269. The quantitative estimate of drug-likeness (QED) is 0.897. The molecular weight excluding hydrogens is 243 g/mol. The van der Waals surface area contributed by atoms with Crippen molar-refractivity contribution in [3.63, 3.8) is 0 Å². The summed E-state index contributed by atoms with van der Waals surface area (Å²) in [5.41, 5.74) is 1.55. The van der Waals surface area contributed by atoms with E-state index in [1.54, 1.807) is 18.3 Å². The van der Waals surface area contributed by atoms with Gasteiger partial charge in [-0.25, -0.2) is 4.39 Å². The number of ether oxygens (including phenoxy) is 1. The third-order valence-electron chi connectivity index (χ3n) is 3.07. The Morgan fingerprint density at radius 3 is 2.74 bits per heavy atom. The number of aromatic nitrogens is 1. The highest BCUT2D eigenvalue weighted by atomic mass is 19.1. The molecule has 2 aromatic rings. The highest BCUT2D eigenvalue weighted by Crippen LogP contribution is 2.23. The largest absolute Gasteiger partial charge is 0.497 e. The van der Waals surface area contributed by atoms with Crippen molar-refractivity contribution in [2.75, 3.05) is 14.2 Å². The number of nitrogens with zero attached hydrogens (tertiary/aromatic N) is 1. The number of nitrogens with one attached hydrogen (secondary N) is 1. The number of hydrogen-bond donors (Lipinski definition) is 1. The van der Waals surface area contributed by atoms with Crippen LogP contribution in [0, 0.1) is 5.82 Å². The summed E-state index contributed by atoms with van der Waals surface area (Å²) in [6, 6.07) is 10.5. The number of hydrogen-bond acceptors (Lipinski definition) is 3. The summed E-state index contributed by atoms with van der Waals surface area (Å²) in [6.45, 7) is 0. The van der Waals surface area contributed by atoms with E-state index in [0.717, 1.165) is 5.69 Å². The first kappa shape index (κ1) is 13.5. The van der Waals surface area contributed by atoms with Crippen LogP contribution in [-0.4, -0.2) is 19.1 Å². The monoisotopic (exact) mass is 260 g/mol. The maximum Gasteiger partial charge on any atom is 0.131 e. The molecule has 0 saturated carbocycles. The Hall–Kier alpha value is -1.94. The fraction of sp³-hybridized carbons (Fsp3) is 0.267. The molecule has 1 unspecified atom stereocenters. The van der Waals surface area contributed by atoms with Crippen molar-refractivity contribution >= 4 is 0 Å². The number of methoxy groups -OCH3 is 1. The summed E-state index contributed by atoms with van der Waals surface area (Å²) < 4.78 is 19.0. The summed E-state index contributed by atoms with van der Waals surface area (Å²) in [5.74, 6) is 0.253. The Bertz CT molecular complexity index is 531. The molecule has 4 heteroatoms. The molecule has 0 bridgehead atoms. The Morgan fingerprint density at radius 2 is 2.16 bits per heavy atom. The third-order valence-corrected chi connectivity index (χ3v) is 3.07. The molecule has 1 aromatic carbocycles. The van der Waals surface area contributed by atoms with Gasteiger partial charge < -0.3 is 10.1 Å². The molecular formula is C15H17FN2O. The summed E-state index contributed by atoms with van der Waals surface area (Å²) in [5, 5.41) is 3.12. The SMILES string of the molecule is CNC(Cc1ccccn1)c1ccc(OC)cc1F. The number of rotatable bonds is 5. The minimum Gasteiger partial charge on any atom is -0.497 e. The van der Waals surface area contributed by atoms with Crippen LogP contribution in [0.1, 0.15) is 17.3 Å². The van der Waals surface area contributed by atoms with Crippen LogP contribution in [0.2, 0.25) is 0 Å². The molecule has 1 N–H and O–H groups in total. The molecule has 1 heterocycles. The normalized spacial score (nSPS) is 12.2. The van der Waals surface area contributed by atoms with Gasteiger partial charge >= 0.3 is 0 Å². The van der Waals surface area contributed by atoms with Crippen LogP contribution in [0.4, 0.5) is 4.39 Å². The molecule has 100 valence electrons. The zero-order valence-corrected chi connectivity index (χ0v) is 11.1. The molecule has 0 aliphatic heterocycles. The second-order valence-corrected chi connectivity index (χ2v) is 4.25. The van der Waals surface area contributed by atoms with E-state index in [1.807, 2.05) is 25.2 Å². The predicted molar refractivity (Wildman–Crippen MR) is 72.7 cm³/mol. The first-order valence-corrected chi connectivity index (χ1v) is 6.15. The van der Waals surface area contributed by atoms with Crippen molar-refractivity contribution in [3.8, 4) is 5.75 Å². The summed E-state index contributed by atoms with van der Waals surface area (Å²) in [4.78, 5) is 4.27. The molecule has 0 spiro atoms. The maximum absolute atomic E-state index is 14.0. The maximum atomic E-state index is 14.0. The van der Waals surface area contributed by atoms with Gasteiger partial charge in [0.25, 0.3) is 0 Å². The first-order chi connectivity index (χ1) is 9.24. The number of pyridine rings is 1. The van der Waals surface area contributed by atoms with Crippen LogP contribution in [0.25, 0.3) is 0 Å². The zero-order valence-electron chi connectivity index (χ0n) is 11.1. The van der Waals surface area contributed by atoms with Crippen LogP contribution in [0.3, 0.4) is 0 Å². The van der Waals surface area contributed by atoms with Gasteiger partial charge in [-0.15, -0.1) is 0 Å². The molecule has 1 aromatic heterocycles. The van der Waals surface area contributed by atoms with Crippen LogP contribution in [0.15, 0.2) is 42.6 Å². The summed E-state index contributed by atoms with van der Waals surface area (Å²) in [6.07, 6.45) is 2.38. The lowest BCUT2D eigenvalue weighted by Crippen LogP contribution is -2.20. The molecule has 1 atom stereocenters. The van der Waals surface area contributed by atoms with E-state index in [9.17, 15) is 4.39 Å². The molecule has 0 radical (unpaired) electrons. The van der Waals surface area contributed by atoms with E-state index in [1.165, 1.54) is 13.2 Å². The summed E-state index contributed by atoms with van der Waals surface area (Å²) >= 11 is 0. The van der Waals surface area contributed by atoms with E-state index >= 15 is 0 Å². The molecule has 3 nitrogen and oxygen atoms in total. The Kier molecular flexibility index (Phi) is 4.47. The van der Waals surface area contributed by atoms with Gasteiger partial charge in [-0.1, -0.05) is 12.1 Å². The molecule has 0 fully saturated rings. The van der Waals surface area contributed by atoms with Crippen molar-refractivity contribution in [1.29, 1.82) is 0 Å². The zero-order chi connectivity index (χ0) is 13.7. The van der Waals surface area contributed by atoms with Gasteiger partial charge in [-0.2, -0.15) is 0 Å². The van der Waals surface area contributed by atoms with Gasteiger partial charge in [0.1, 0.15) is 11.6 Å². The van der Waals surface area contributed by atoms with Crippen molar-refractivity contribution in [1.82, 2.24) is 10.3 Å². The van der Waals surface area contributed by atoms with Crippen molar-refractivity contribution in [2.24, 2.45) is 0 Å². The number of halogens is 1. The average molecular weight is 260 g/mol. The Balaban J connectivity index is 2.22. The van der Waals surface area contributed by atoms with Gasteiger partial charge in [0.15, 0.2) is 0 Å². The fourth-order valence-corrected chi connectivity index (χ4v) is 2.01. The second-order valence-electron chi connectivity index (χ2n) is 4.25. The van der Waals surface area contributed by atoms with E-state index in [0.29, 0.717) is 17.7 Å². The summed E-state index contributed by atoms with van der Waals surface area (Å²) in [7, 11) is 3.34. The molecule has 19 heavy (non-hydrogen) atoms. The molecule has 0 aliphatic rings. The van der Waals surface area contributed by atoms with Crippen molar-refractivity contribution in [2.45, 2.75) is 12.5 Å². The van der Waals surface area contributed by atoms with Gasteiger partial charge in [0, 0.05) is 36.0 Å². The van der Waals surface area contributed by atoms with Crippen molar-refractivity contribution < 1.29 is 9.13 Å². The fourth-order valence-electron chi connectivity index (χ4n) is 2.01. The average Bonchev–Trinajstić information content (AvgIpc) is 2.46. The first-order valence-electron chi connectivity index (χ1n) is 6.15. The topological polar surface area (TPSA) is 34.2 Å². The van der Waals surface area contributed by atoms with Gasteiger partial charge in [-0.3, -0.25) is 4.98 Å². The van der Waals surface area contributed by atoms with Crippen LogP contribution in [0.5, 0.6) is 5.75 Å². The highest BCUT2D eigenvalue weighted by Gasteiger charge is 2.15. The van der Waals surface area contributed by atoms with E-state index in [-0.39, 0.29) is 11.9 Å². The van der Waals surface area contributed by atoms with Gasteiger partial charge in [0.05, 0.1) is 7.11 Å². The molecule has 0 aliphatic carbocycles. The number of benzene rings is 1. The smallest absolute Gasteiger partial charge is 0.131 e. The highest BCUT2D eigenvalue weighted by molar-refractivity contribution is 5.31. The number of likely N-dealkylation sites (N-methyl/N-ethyl adjacent to an activating group) is 1. The van der Waals surface area contributed by atoms with E-state index in [2.05, 4.69) is 10.3 Å². The lowest BCUT2D eigenvalue weighted by atomic mass is 10.0. The van der Waals surface area contributed by atoms with E-state index in [4.69, 9.17) is 4.74 Å². The molecule has 0 amide bonds. The van der Waals surface area contributed by atoms with Crippen molar-refractivity contribution in [3.05, 3.63) is 59.7 Å². The van der Waals surface area contributed by atoms with Crippen LogP contribution in [-0.2, 0) is 6.42 Å². The van der Waals surface area contributed by atoms with Crippen LogP contribution >= 0.6 is 0 Å². The third kappa shape index (κ3) is 3.29. The Morgan fingerprint density at radius 1 is 1.32 bits per heavy atom. The standard InChI is InChI=1S/C15H17FN2O/c1-17-15(9-11-5-3-4-8-18-11)13-7-6-12(19-2)10-14(13)16/h3-8,10,15,17H,9H2,1-2H3. The lowest BCUT2D eigenvalue weighted by molar-refractivity contribution is 0.409. The Labute approximate surface area is 112 Å². The molecule has 2 rings (SSSR count). The predicted octanol–water partition coefficient (Wildman–Crippen LogP) is 2.73. The second kappa shape index (κ2) is 6.29.